The average molecular weight is 332 g/mol. The molecule has 1 aliphatic carbocycles. The summed E-state index contributed by atoms with van der Waals surface area (Å²) in [5, 5.41) is 12.4. The minimum atomic E-state index is -0.779. The van der Waals surface area contributed by atoms with Gasteiger partial charge in [0.05, 0.1) is 23.5 Å². The Morgan fingerprint density at radius 1 is 1.33 bits per heavy atom. The van der Waals surface area contributed by atoms with E-state index in [1.807, 2.05) is 20.8 Å². The van der Waals surface area contributed by atoms with Crippen molar-refractivity contribution in [1.82, 2.24) is 14.9 Å². The van der Waals surface area contributed by atoms with Crippen LogP contribution in [0.25, 0.3) is 0 Å². The van der Waals surface area contributed by atoms with E-state index in [1.54, 1.807) is 17.3 Å². The number of carboxylic acid groups (broad SMARTS) is 1. The first kappa shape index (κ1) is 16.7. The fraction of sp³-hybridized carbons (Fsp3) is 0.647. The molecule has 2 N–H and O–H groups in total. The summed E-state index contributed by atoms with van der Waals surface area (Å²) in [6, 6.07) is -0.280. The van der Waals surface area contributed by atoms with E-state index in [2.05, 4.69) is 15.3 Å². The number of hydrogen-bond donors (Lipinski definition) is 2. The fourth-order valence-electron chi connectivity index (χ4n) is 3.78. The number of aliphatic carboxylic acids is 1. The Morgan fingerprint density at radius 2 is 2.00 bits per heavy atom. The van der Waals surface area contributed by atoms with Crippen LogP contribution in [0.5, 0.6) is 0 Å². The highest BCUT2D eigenvalue weighted by atomic mass is 16.4. The molecule has 7 nitrogen and oxygen atoms in total. The number of carbonyl (C=O) groups excluding carboxylic acids is 1. The molecule has 130 valence electrons. The van der Waals surface area contributed by atoms with Crippen molar-refractivity contribution in [2.75, 3.05) is 18.4 Å². The molecule has 2 amide bonds. The van der Waals surface area contributed by atoms with E-state index in [-0.39, 0.29) is 23.9 Å². The first-order chi connectivity index (χ1) is 11.2. The van der Waals surface area contributed by atoms with Gasteiger partial charge < -0.3 is 15.3 Å². The molecule has 2 heterocycles. The highest BCUT2D eigenvalue weighted by Gasteiger charge is 2.55. The molecule has 1 aromatic rings. The fourth-order valence-corrected chi connectivity index (χ4v) is 3.78. The Bertz CT molecular complexity index is 653. The third-order valence-electron chi connectivity index (χ3n) is 5.16. The maximum Gasteiger partial charge on any atom is 0.321 e. The smallest absolute Gasteiger partial charge is 0.321 e. The molecular formula is C17H24N4O3. The molecule has 0 aromatic carbocycles. The number of nitrogens with zero attached hydrogens (tertiary/aromatic N) is 3. The minimum Gasteiger partial charge on any atom is -0.481 e. The number of likely N-dealkylation sites (tertiary alicyclic amines) is 1. The van der Waals surface area contributed by atoms with E-state index in [9.17, 15) is 14.7 Å². The lowest BCUT2D eigenvalue weighted by Gasteiger charge is -2.23. The standard InChI is InChI=1S/C17H24N4O3/c1-16(2,3)13-18-7-12(8-19-13)20-15(24)21-9-11-5-4-6-17(11,10-21)14(22)23/h7-8,11H,4-6,9-10H2,1-3H3,(H,20,24)(H,22,23)/t11-,17+/m0/s1. The number of amides is 2. The Kier molecular flexibility index (Phi) is 3.97. The van der Waals surface area contributed by atoms with Crippen molar-refractivity contribution in [1.29, 1.82) is 0 Å². The van der Waals surface area contributed by atoms with Crippen molar-refractivity contribution in [3.05, 3.63) is 18.2 Å². The largest absolute Gasteiger partial charge is 0.481 e. The zero-order valence-corrected chi connectivity index (χ0v) is 14.4. The number of carboxylic acids is 1. The maximum absolute atomic E-state index is 12.5. The molecule has 2 aliphatic rings. The van der Waals surface area contributed by atoms with Gasteiger partial charge in [-0.1, -0.05) is 27.2 Å². The Labute approximate surface area is 141 Å². The quantitative estimate of drug-likeness (QED) is 0.867. The first-order valence-electron chi connectivity index (χ1n) is 8.34. The van der Waals surface area contributed by atoms with Gasteiger partial charge in [-0.15, -0.1) is 0 Å². The van der Waals surface area contributed by atoms with Crippen LogP contribution in [0.15, 0.2) is 12.4 Å². The first-order valence-corrected chi connectivity index (χ1v) is 8.34. The van der Waals surface area contributed by atoms with Crippen molar-refractivity contribution in [2.45, 2.75) is 45.4 Å². The summed E-state index contributed by atoms with van der Waals surface area (Å²) in [6.45, 7) is 6.84. The number of carbonyl (C=O) groups is 2. The molecule has 24 heavy (non-hydrogen) atoms. The molecule has 1 saturated heterocycles. The van der Waals surface area contributed by atoms with Gasteiger partial charge in [0, 0.05) is 18.5 Å². The molecule has 0 radical (unpaired) electrons. The van der Waals surface area contributed by atoms with Crippen LogP contribution >= 0.6 is 0 Å². The number of anilines is 1. The van der Waals surface area contributed by atoms with Gasteiger partial charge >= 0.3 is 12.0 Å². The van der Waals surface area contributed by atoms with E-state index in [4.69, 9.17) is 0 Å². The van der Waals surface area contributed by atoms with Crippen molar-refractivity contribution >= 4 is 17.7 Å². The van der Waals surface area contributed by atoms with Gasteiger partial charge in [-0.2, -0.15) is 0 Å². The third-order valence-corrected chi connectivity index (χ3v) is 5.16. The summed E-state index contributed by atoms with van der Waals surface area (Å²) in [6.07, 6.45) is 5.64. The monoisotopic (exact) mass is 332 g/mol. The topological polar surface area (TPSA) is 95.4 Å². The SMILES string of the molecule is CC(C)(C)c1ncc(NC(=O)N2C[C@@H]3CCC[C@@]3(C(=O)O)C2)cn1. The minimum absolute atomic E-state index is 0.0558. The van der Waals surface area contributed by atoms with Gasteiger partial charge in [-0.25, -0.2) is 14.8 Å². The number of rotatable bonds is 2. The Hall–Kier alpha value is -2.18. The van der Waals surface area contributed by atoms with Crippen molar-refractivity contribution in [2.24, 2.45) is 11.3 Å². The summed E-state index contributed by atoms with van der Waals surface area (Å²) in [5.41, 5.74) is -0.387. The summed E-state index contributed by atoms with van der Waals surface area (Å²) >= 11 is 0. The average Bonchev–Trinajstić information content (AvgIpc) is 3.04. The number of hydrogen-bond acceptors (Lipinski definition) is 4. The predicted molar refractivity (Wildman–Crippen MR) is 88.7 cm³/mol. The number of fused-ring (bicyclic) bond motifs is 1. The number of urea groups is 1. The van der Waals surface area contributed by atoms with Crippen LogP contribution in [-0.2, 0) is 10.2 Å². The molecule has 2 fully saturated rings. The van der Waals surface area contributed by atoms with Crippen LogP contribution < -0.4 is 5.32 Å². The molecule has 7 heteroatoms. The normalized spacial score (nSPS) is 26.3. The zero-order chi connectivity index (χ0) is 17.5. The van der Waals surface area contributed by atoms with Gasteiger partial charge in [0.15, 0.2) is 0 Å². The highest BCUT2D eigenvalue weighted by Crippen LogP contribution is 2.48. The zero-order valence-electron chi connectivity index (χ0n) is 14.4. The van der Waals surface area contributed by atoms with Crippen LogP contribution in [0.3, 0.4) is 0 Å². The Morgan fingerprint density at radius 3 is 2.54 bits per heavy atom. The lowest BCUT2D eigenvalue weighted by atomic mass is 9.81. The van der Waals surface area contributed by atoms with E-state index >= 15 is 0 Å². The molecule has 0 bridgehead atoms. The summed E-state index contributed by atoms with van der Waals surface area (Å²) in [5.74, 6) is -0.0144. The van der Waals surface area contributed by atoms with Gasteiger partial charge in [-0.3, -0.25) is 4.79 Å². The lowest BCUT2D eigenvalue weighted by Crippen LogP contribution is -2.38. The molecule has 0 spiro atoms. The van der Waals surface area contributed by atoms with Crippen LogP contribution in [0, 0.1) is 11.3 Å². The van der Waals surface area contributed by atoms with E-state index in [1.165, 1.54) is 0 Å². The molecule has 2 atom stereocenters. The Balaban J connectivity index is 1.67. The molecule has 1 aromatic heterocycles. The van der Waals surface area contributed by atoms with Crippen LogP contribution in [0.1, 0.15) is 45.9 Å². The second kappa shape index (κ2) is 5.72. The molecular weight excluding hydrogens is 308 g/mol. The molecule has 0 unspecified atom stereocenters. The summed E-state index contributed by atoms with van der Waals surface area (Å²) in [4.78, 5) is 34.3. The van der Waals surface area contributed by atoms with Crippen LogP contribution in [0.2, 0.25) is 0 Å². The third kappa shape index (κ3) is 2.83. The van der Waals surface area contributed by atoms with Gasteiger partial charge in [0.25, 0.3) is 0 Å². The second-order valence-electron chi connectivity index (χ2n) is 7.91. The van der Waals surface area contributed by atoms with Crippen LogP contribution in [0.4, 0.5) is 10.5 Å². The van der Waals surface area contributed by atoms with Crippen molar-refractivity contribution in [3.63, 3.8) is 0 Å². The maximum atomic E-state index is 12.5. The van der Waals surface area contributed by atoms with Crippen molar-refractivity contribution < 1.29 is 14.7 Å². The van der Waals surface area contributed by atoms with Crippen LogP contribution in [-0.4, -0.2) is 45.1 Å². The van der Waals surface area contributed by atoms with Crippen molar-refractivity contribution in [3.8, 4) is 0 Å². The van der Waals surface area contributed by atoms with E-state index < -0.39 is 11.4 Å². The van der Waals surface area contributed by atoms with Gasteiger partial charge in [0.2, 0.25) is 0 Å². The molecule has 1 saturated carbocycles. The van der Waals surface area contributed by atoms with Gasteiger partial charge in [0.1, 0.15) is 5.82 Å². The van der Waals surface area contributed by atoms with E-state index in [0.29, 0.717) is 24.5 Å². The molecule has 1 aliphatic heterocycles. The van der Waals surface area contributed by atoms with E-state index in [0.717, 1.165) is 12.8 Å². The summed E-state index contributed by atoms with van der Waals surface area (Å²) < 4.78 is 0. The highest BCUT2D eigenvalue weighted by molar-refractivity contribution is 5.90. The lowest BCUT2D eigenvalue weighted by molar-refractivity contribution is -0.149. The number of aromatic nitrogens is 2. The molecule has 3 rings (SSSR count). The predicted octanol–water partition coefficient (Wildman–Crippen LogP) is 2.49. The van der Waals surface area contributed by atoms with Gasteiger partial charge in [-0.05, 0) is 18.8 Å². The second-order valence-corrected chi connectivity index (χ2v) is 7.91. The summed E-state index contributed by atoms with van der Waals surface area (Å²) in [7, 11) is 0. The number of nitrogens with one attached hydrogen (secondary N) is 1.